The predicted octanol–water partition coefficient (Wildman–Crippen LogP) is 1.27. The summed E-state index contributed by atoms with van der Waals surface area (Å²) in [5, 5.41) is 23.2. The van der Waals surface area contributed by atoms with Gasteiger partial charge < -0.3 is 20.1 Å². The quantitative estimate of drug-likeness (QED) is 0.686. The molecular weight excluding hydrogens is 212 g/mol. The van der Waals surface area contributed by atoms with Gasteiger partial charge in [0, 0.05) is 20.1 Å². The summed E-state index contributed by atoms with van der Waals surface area (Å²) in [5.74, 6) is -0.833. The zero-order valence-corrected chi connectivity index (χ0v) is 10.9. The van der Waals surface area contributed by atoms with Crippen LogP contribution in [0.5, 0.6) is 0 Å². The fourth-order valence-corrected chi connectivity index (χ4v) is 0.615. The first kappa shape index (κ1) is 20.7. The smallest absolute Gasteiger partial charge is 0.300 e. The Morgan fingerprint density at radius 1 is 1.06 bits per heavy atom. The molecule has 0 unspecified atom stereocenters. The van der Waals surface area contributed by atoms with Crippen molar-refractivity contribution in [2.75, 3.05) is 13.2 Å². The van der Waals surface area contributed by atoms with Crippen LogP contribution in [0.3, 0.4) is 0 Å². The molecule has 0 aromatic carbocycles. The molecule has 16 heavy (non-hydrogen) atoms. The minimum atomic E-state index is -0.833. The van der Waals surface area contributed by atoms with Crippen LogP contribution in [0, 0.1) is 0 Å². The summed E-state index contributed by atoms with van der Waals surface area (Å²) in [5.41, 5.74) is 0. The van der Waals surface area contributed by atoms with Crippen LogP contribution in [0.2, 0.25) is 0 Å². The van der Waals surface area contributed by atoms with Gasteiger partial charge >= 0.3 is 0 Å². The second-order valence-corrected chi connectivity index (χ2v) is 3.55. The van der Waals surface area contributed by atoms with Gasteiger partial charge in [0.1, 0.15) is 0 Å². The van der Waals surface area contributed by atoms with E-state index in [1.54, 1.807) is 0 Å². The first-order valence-corrected chi connectivity index (χ1v) is 5.34. The SMILES string of the molecule is CC(=O)O.CC(C)OC(C)C.OCCCO. The van der Waals surface area contributed by atoms with Crippen molar-refractivity contribution in [1.29, 1.82) is 0 Å². The van der Waals surface area contributed by atoms with E-state index in [4.69, 9.17) is 24.9 Å². The molecule has 0 bridgehead atoms. The first-order valence-electron chi connectivity index (χ1n) is 5.34. The molecule has 0 aliphatic rings. The lowest BCUT2D eigenvalue weighted by molar-refractivity contribution is -0.134. The van der Waals surface area contributed by atoms with Gasteiger partial charge in [-0.25, -0.2) is 0 Å². The number of aliphatic hydroxyl groups is 2. The van der Waals surface area contributed by atoms with Crippen LogP contribution in [0.4, 0.5) is 0 Å². The van der Waals surface area contributed by atoms with Crippen LogP contribution in [0.25, 0.3) is 0 Å². The Hall–Kier alpha value is -0.650. The Morgan fingerprint density at radius 2 is 1.31 bits per heavy atom. The predicted molar refractivity (Wildman–Crippen MR) is 63.5 cm³/mol. The van der Waals surface area contributed by atoms with Crippen molar-refractivity contribution in [2.45, 2.75) is 53.2 Å². The Bertz CT molecular complexity index is 122. The lowest BCUT2D eigenvalue weighted by Gasteiger charge is -2.09. The van der Waals surface area contributed by atoms with Crippen molar-refractivity contribution in [1.82, 2.24) is 0 Å². The highest BCUT2D eigenvalue weighted by molar-refractivity contribution is 5.62. The van der Waals surface area contributed by atoms with Gasteiger partial charge in [0.15, 0.2) is 0 Å². The zero-order chi connectivity index (χ0) is 13.6. The number of carbonyl (C=O) groups is 1. The lowest BCUT2D eigenvalue weighted by Crippen LogP contribution is -2.09. The van der Waals surface area contributed by atoms with E-state index in [-0.39, 0.29) is 13.2 Å². The molecule has 0 aromatic heterocycles. The summed E-state index contributed by atoms with van der Waals surface area (Å²) in [6.07, 6.45) is 1.25. The van der Waals surface area contributed by atoms with Gasteiger partial charge in [-0.2, -0.15) is 0 Å². The van der Waals surface area contributed by atoms with Crippen LogP contribution in [0.1, 0.15) is 41.0 Å². The van der Waals surface area contributed by atoms with Crippen LogP contribution in [-0.2, 0) is 9.53 Å². The molecule has 0 heterocycles. The van der Waals surface area contributed by atoms with E-state index >= 15 is 0 Å². The summed E-state index contributed by atoms with van der Waals surface area (Å²) in [4.78, 5) is 9.00. The van der Waals surface area contributed by atoms with Crippen LogP contribution in [-0.4, -0.2) is 46.7 Å². The fraction of sp³-hybridized carbons (Fsp3) is 0.909. The minimum absolute atomic E-state index is 0.0938. The fourth-order valence-electron chi connectivity index (χ4n) is 0.615. The molecule has 0 saturated heterocycles. The molecular formula is C11H26O5. The number of ether oxygens (including phenoxy) is 1. The van der Waals surface area contributed by atoms with Gasteiger partial charge in [-0.05, 0) is 34.1 Å². The molecule has 0 aliphatic carbocycles. The Labute approximate surface area is 98.1 Å². The number of carboxylic acids is 1. The van der Waals surface area contributed by atoms with Crippen molar-refractivity contribution in [3.63, 3.8) is 0 Å². The summed E-state index contributed by atoms with van der Waals surface area (Å²) < 4.78 is 5.25. The van der Waals surface area contributed by atoms with Crippen LogP contribution < -0.4 is 0 Å². The number of hydrogen-bond donors (Lipinski definition) is 3. The third-order valence-corrected chi connectivity index (χ3v) is 0.861. The maximum Gasteiger partial charge on any atom is 0.300 e. The van der Waals surface area contributed by atoms with E-state index < -0.39 is 5.97 Å². The van der Waals surface area contributed by atoms with Crippen LogP contribution >= 0.6 is 0 Å². The molecule has 0 aliphatic heterocycles. The van der Waals surface area contributed by atoms with Crippen molar-refractivity contribution in [3.8, 4) is 0 Å². The van der Waals surface area contributed by atoms with Gasteiger partial charge in [-0.15, -0.1) is 0 Å². The second-order valence-electron chi connectivity index (χ2n) is 3.55. The van der Waals surface area contributed by atoms with Gasteiger partial charge in [0.25, 0.3) is 5.97 Å². The molecule has 5 nitrogen and oxygen atoms in total. The van der Waals surface area contributed by atoms with Crippen molar-refractivity contribution in [2.24, 2.45) is 0 Å². The van der Waals surface area contributed by atoms with E-state index in [1.807, 2.05) is 27.7 Å². The lowest BCUT2D eigenvalue weighted by atomic mass is 10.4. The van der Waals surface area contributed by atoms with E-state index in [1.165, 1.54) is 0 Å². The molecule has 0 aromatic rings. The maximum atomic E-state index is 9.00. The molecule has 0 radical (unpaired) electrons. The van der Waals surface area contributed by atoms with Crippen molar-refractivity contribution >= 4 is 5.97 Å². The number of carboxylic acid groups (broad SMARTS) is 1. The number of hydrogen-bond acceptors (Lipinski definition) is 4. The maximum absolute atomic E-state index is 9.00. The third-order valence-electron chi connectivity index (χ3n) is 0.861. The summed E-state index contributed by atoms with van der Waals surface area (Å²) in [6.45, 7) is 9.44. The van der Waals surface area contributed by atoms with Crippen molar-refractivity contribution < 1.29 is 24.9 Å². The topological polar surface area (TPSA) is 87.0 Å². The normalized spacial score (nSPS) is 9.06. The molecule has 0 atom stereocenters. The monoisotopic (exact) mass is 238 g/mol. The van der Waals surface area contributed by atoms with Gasteiger partial charge in [-0.3, -0.25) is 4.79 Å². The number of aliphatic carboxylic acids is 1. The standard InChI is InChI=1S/C6H14O.C3H8O2.C2H4O2/c1-5(2)7-6(3)4;4-2-1-3-5;1-2(3)4/h5-6H,1-4H3;4-5H,1-3H2;1H3,(H,3,4). The average molecular weight is 238 g/mol. The van der Waals surface area contributed by atoms with Gasteiger partial charge in [0.05, 0.1) is 12.2 Å². The van der Waals surface area contributed by atoms with E-state index in [2.05, 4.69) is 0 Å². The molecule has 100 valence electrons. The zero-order valence-electron chi connectivity index (χ0n) is 10.9. The molecule has 0 rings (SSSR count). The Balaban J connectivity index is -0.000000166. The van der Waals surface area contributed by atoms with E-state index in [9.17, 15) is 0 Å². The average Bonchev–Trinajstić information content (AvgIpc) is 2.02. The minimum Gasteiger partial charge on any atom is -0.481 e. The highest BCUT2D eigenvalue weighted by atomic mass is 16.5. The van der Waals surface area contributed by atoms with E-state index in [0.29, 0.717) is 18.6 Å². The van der Waals surface area contributed by atoms with E-state index in [0.717, 1.165) is 6.92 Å². The first-order chi connectivity index (χ1) is 7.27. The molecule has 0 saturated carbocycles. The largest absolute Gasteiger partial charge is 0.481 e. The third kappa shape index (κ3) is 71.1. The second kappa shape index (κ2) is 16.8. The van der Waals surface area contributed by atoms with Gasteiger partial charge in [-0.1, -0.05) is 0 Å². The molecule has 5 heteroatoms. The Kier molecular flexibility index (Phi) is 21.7. The highest BCUT2D eigenvalue weighted by Crippen LogP contribution is 1.93. The molecule has 0 spiro atoms. The van der Waals surface area contributed by atoms with Gasteiger partial charge in [0.2, 0.25) is 0 Å². The molecule has 0 amide bonds. The summed E-state index contributed by atoms with van der Waals surface area (Å²) in [6, 6.07) is 0. The number of aliphatic hydroxyl groups excluding tert-OH is 2. The number of rotatable bonds is 4. The summed E-state index contributed by atoms with van der Waals surface area (Å²) >= 11 is 0. The molecule has 0 fully saturated rings. The van der Waals surface area contributed by atoms with Crippen molar-refractivity contribution in [3.05, 3.63) is 0 Å². The summed E-state index contributed by atoms with van der Waals surface area (Å²) in [7, 11) is 0. The Morgan fingerprint density at radius 3 is 1.31 bits per heavy atom. The highest BCUT2D eigenvalue weighted by Gasteiger charge is 1.94. The van der Waals surface area contributed by atoms with Crippen LogP contribution in [0.15, 0.2) is 0 Å². The molecule has 3 N–H and O–H groups in total.